The predicted molar refractivity (Wildman–Crippen MR) is 77.8 cm³/mol. The minimum Gasteiger partial charge on any atom is -0.252 e. The lowest BCUT2D eigenvalue weighted by atomic mass is 10.0. The predicted octanol–water partition coefficient (Wildman–Crippen LogP) is 4.49. The highest BCUT2D eigenvalue weighted by Crippen LogP contribution is 2.26. The lowest BCUT2D eigenvalue weighted by Gasteiger charge is -2.10. The minimum absolute atomic E-state index is 1.13. The van der Waals surface area contributed by atoms with Crippen LogP contribution in [0.1, 0.15) is 31.0 Å². The highest BCUT2D eigenvalue weighted by Gasteiger charge is 2.09. The van der Waals surface area contributed by atoms with E-state index in [4.69, 9.17) is 0 Å². The summed E-state index contributed by atoms with van der Waals surface area (Å²) in [5.41, 5.74) is 3.77. The fourth-order valence-electron chi connectivity index (χ4n) is 1.99. The number of unbranched alkanes of at least 4 members (excludes halogenated alkanes) is 1. The van der Waals surface area contributed by atoms with E-state index < -0.39 is 0 Å². The van der Waals surface area contributed by atoms with Gasteiger partial charge in [0.05, 0.1) is 11.2 Å². The molecule has 0 saturated carbocycles. The first-order valence-corrected chi connectivity index (χ1v) is 6.85. The molecule has 0 N–H and O–H groups in total. The van der Waals surface area contributed by atoms with Crippen LogP contribution in [-0.2, 0) is 6.42 Å². The van der Waals surface area contributed by atoms with Crippen molar-refractivity contribution in [3.05, 3.63) is 39.1 Å². The van der Waals surface area contributed by atoms with Gasteiger partial charge in [-0.1, -0.05) is 31.5 Å². The molecule has 1 heterocycles. The Morgan fingerprint density at radius 1 is 1.25 bits per heavy atom. The summed E-state index contributed by atoms with van der Waals surface area (Å²) in [5.74, 6) is 0. The summed E-state index contributed by atoms with van der Waals surface area (Å²) in [4.78, 5) is 4.64. The van der Waals surface area contributed by atoms with Crippen LogP contribution in [0.5, 0.6) is 0 Å². The zero-order chi connectivity index (χ0) is 11.5. The Morgan fingerprint density at radius 3 is 2.75 bits per heavy atom. The second-order valence-electron chi connectivity index (χ2n) is 4.11. The molecule has 1 nitrogen and oxygen atoms in total. The lowest BCUT2D eigenvalue weighted by molar-refractivity contribution is 0.794. The van der Waals surface area contributed by atoms with Gasteiger partial charge in [-0.2, -0.15) is 0 Å². The first-order valence-electron chi connectivity index (χ1n) is 5.77. The van der Waals surface area contributed by atoms with Crippen molar-refractivity contribution in [1.82, 2.24) is 4.98 Å². The fraction of sp³-hybridized carbons (Fsp3) is 0.357. The van der Waals surface area contributed by atoms with Crippen molar-refractivity contribution in [2.45, 2.75) is 33.1 Å². The highest BCUT2D eigenvalue weighted by atomic mass is 127. The largest absolute Gasteiger partial charge is 0.252 e. The number of halogens is 1. The van der Waals surface area contributed by atoms with E-state index in [1.165, 1.54) is 33.8 Å². The van der Waals surface area contributed by atoms with Gasteiger partial charge < -0.3 is 0 Å². The van der Waals surface area contributed by atoms with Crippen molar-refractivity contribution < 1.29 is 0 Å². The molecular formula is C14H16IN. The van der Waals surface area contributed by atoms with Crippen LogP contribution >= 0.6 is 22.6 Å². The standard InChI is InChI=1S/C14H16IN/c1-3-4-7-12-11-8-5-6-9-13(11)16-10(2)14(12)15/h5-6,8-9H,3-4,7H2,1-2H3. The molecule has 1 aromatic carbocycles. The number of para-hydroxylation sites is 1. The Morgan fingerprint density at radius 2 is 2.00 bits per heavy atom. The maximum atomic E-state index is 4.64. The number of aryl methyl sites for hydroxylation is 2. The molecule has 0 spiro atoms. The summed E-state index contributed by atoms with van der Waals surface area (Å²) >= 11 is 2.43. The number of rotatable bonds is 3. The van der Waals surface area contributed by atoms with Gasteiger partial charge in [-0.15, -0.1) is 0 Å². The Bertz CT molecular complexity index is 505. The molecular weight excluding hydrogens is 309 g/mol. The zero-order valence-electron chi connectivity index (χ0n) is 9.76. The third-order valence-corrected chi connectivity index (χ3v) is 4.31. The van der Waals surface area contributed by atoms with E-state index in [1.54, 1.807) is 0 Å². The number of aromatic nitrogens is 1. The van der Waals surface area contributed by atoms with E-state index >= 15 is 0 Å². The maximum absolute atomic E-state index is 4.64. The molecule has 0 fully saturated rings. The van der Waals surface area contributed by atoms with Crippen LogP contribution in [0.4, 0.5) is 0 Å². The normalized spacial score (nSPS) is 10.9. The van der Waals surface area contributed by atoms with Crippen LogP contribution in [0.25, 0.3) is 10.9 Å². The van der Waals surface area contributed by atoms with Crippen LogP contribution in [-0.4, -0.2) is 4.98 Å². The number of pyridine rings is 1. The number of fused-ring (bicyclic) bond motifs is 1. The Kier molecular flexibility index (Phi) is 3.79. The quantitative estimate of drug-likeness (QED) is 0.758. The zero-order valence-corrected chi connectivity index (χ0v) is 11.9. The third-order valence-electron chi connectivity index (χ3n) is 2.88. The number of hydrogen-bond acceptors (Lipinski definition) is 1. The van der Waals surface area contributed by atoms with Crippen molar-refractivity contribution in [3.8, 4) is 0 Å². The van der Waals surface area contributed by atoms with E-state index in [2.05, 4.69) is 65.7 Å². The summed E-state index contributed by atoms with van der Waals surface area (Å²) in [6, 6.07) is 8.46. The van der Waals surface area contributed by atoms with Gasteiger partial charge in [-0.25, -0.2) is 0 Å². The van der Waals surface area contributed by atoms with Crippen LogP contribution in [0.2, 0.25) is 0 Å². The molecule has 0 atom stereocenters. The molecule has 2 aromatic rings. The number of benzene rings is 1. The summed E-state index contributed by atoms with van der Waals surface area (Å²) < 4.78 is 1.34. The third kappa shape index (κ3) is 2.21. The second kappa shape index (κ2) is 5.13. The van der Waals surface area contributed by atoms with Gasteiger partial charge in [0.1, 0.15) is 0 Å². The van der Waals surface area contributed by atoms with Gasteiger partial charge in [-0.05, 0) is 54.0 Å². The van der Waals surface area contributed by atoms with E-state index in [1.807, 2.05) is 0 Å². The summed E-state index contributed by atoms with van der Waals surface area (Å²) in [6.45, 7) is 4.34. The maximum Gasteiger partial charge on any atom is 0.0708 e. The molecule has 0 bridgehead atoms. The van der Waals surface area contributed by atoms with Gasteiger partial charge >= 0.3 is 0 Å². The van der Waals surface area contributed by atoms with Crippen LogP contribution in [0.15, 0.2) is 24.3 Å². The molecule has 0 saturated heterocycles. The topological polar surface area (TPSA) is 12.9 Å². The molecule has 84 valence electrons. The van der Waals surface area contributed by atoms with Crippen LogP contribution in [0, 0.1) is 10.5 Å². The van der Waals surface area contributed by atoms with E-state index in [9.17, 15) is 0 Å². The Hall–Kier alpha value is -0.640. The monoisotopic (exact) mass is 325 g/mol. The summed E-state index contributed by atoms with van der Waals surface area (Å²) in [5, 5.41) is 1.32. The average molecular weight is 325 g/mol. The van der Waals surface area contributed by atoms with Gasteiger partial charge in [0, 0.05) is 8.96 Å². The van der Waals surface area contributed by atoms with Crippen molar-refractivity contribution in [1.29, 1.82) is 0 Å². The molecule has 0 aliphatic carbocycles. The number of hydrogen-bond donors (Lipinski definition) is 0. The van der Waals surface area contributed by atoms with Crippen LogP contribution < -0.4 is 0 Å². The van der Waals surface area contributed by atoms with Crippen LogP contribution in [0.3, 0.4) is 0 Å². The highest BCUT2D eigenvalue weighted by molar-refractivity contribution is 14.1. The van der Waals surface area contributed by atoms with Crippen molar-refractivity contribution in [2.24, 2.45) is 0 Å². The Labute approximate surface area is 110 Å². The lowest BCUT2D eigenvalue weighted by Crippen LogP contribution is -1.98. The van der Waals surface area contributed by atoms with Crippen molar-refractivity contribution in [2.75, 3.05) is 0 Å². The molecule has 0 unspecified atom stereocenters. The molecule has 0 amide bonds. The fourth-order valence-corrected chi connectivity index (χ4v) is 2.67. The first kappa shape index (κ1) is 11.8. The van der Waals surface area contributed by atoms with Gasteiger partial charge in [-0.3, -0.25) is 4.98 Å². The summed E-state index contributed by atoms with van der Waals surface area (Å²) in [6.07, 6.45) is 3.66. The van der Waals surface area contributed by atoms with Crippen molar-refractivity contribution in [3.63, 3.8) is 0 Å². The molecule has 0 radical (unpaired) electrons. The van der Waals surface area contributed by atoms with Gasteiger partial charge in [0.15, 0.2) is 0 Å². The molecule has 16 heavy (non-hydrogen) atoms. The molecule has 0 aliphatic rings. The molecule has 0 aliphatic heterocycles. The molecule has 2 rings (SSSR count). The average Bonchev–Trinajstić information content (AvgIpc) is 2.30. The smallest absolute Gasteiger partial charge is 0.0708 e. The minimum atomic E-state index is 1.13. The number of nitrogens with zero attached hydrogens (tertiary/aromatic N) is 1. The Balaban J connectivity index is 2.61. The molecule has 2 heteroatoms. The molecule has 1 aromatic heterocycles. The second-order valence-corrected chi connectivity index (χ2v) is 5.19. The summed E-state index contributed by atoms with van der Waals surface area (Å²) in [7, 11) is 0. The van der Waals surface area contributed by atoms with E-state index in [-0.39, 0.29) is 0 Å². The van der Waals surface area contributed by atoms with E-state index in [0.29, 0.717) is 0 Å². The SMILES string of the molecule is CCCCc1c(I)c(C)nc2ccccc12. The first-order chi connectivity index (χ1) is 7.74. The van der Waals surface area contributed by atoms with Gasteiger partial charge in [0.25, 0.3) is 0 Å². The van der Waals surface area contributed by atoms with Crippen molar-refractivity contribution >= 4 is 33.5 Å². The van der Waals surface area contributed by atoms with Gasteiger partial charge in [0.2, 0.25) is 0 Å². The van der Waals surface area contributed by atoms with E-state index in [0.717, 1.165) is 11.2 Å².